The molecule has 0 saturated heterocycles. The maximum atomic E-state index is 12.1. The molecule has 92 valence electrons. The maximum Gasteiger partial charge on any atom is 0.227 e. The molecule has 0 fully saturated rings. The Morgan fingerprint density at radius 1 is 1.35 bits per heavy atom. The Labute approximate surface area is 102 Å². The summed E-state index contributed by atoms with van der Waals surface area (Å²) in [5, 5.41) is 0. The molecule has 0 aliphatic rings. The molecule has 3 heteroatoms. The Balaban J connectivity index is 2.68. The molecule has 1 aromatic rings. The minimum absolute atomic E-state index is 0.0769. The number of aldehydes is 1. The minimum atomic E-state index is 0.0769. The normalized spacial score (nSPS) is 11.9. The second kappa shape index (κ2) is 6.84. The van der Waals surface area contributed by atoms with E-state index in [0.717, 1.165) is 12.0 Å². The van der Waals surface area contributed by atoms with E-state index < -0.39 is 0 Å². The summed E-state index contributed by atoms with van der Waals surface area (Å²) in [6, 6.07) is 9.61. The van der Waals surface area contributed by atoms with Gasteiger partial charge in [-0.05, 0) is 25.0 Å². The maximum absolute atomic E-state index is 12.1. The molecule has 1 atom stereocenters. The number of hydrogen-bond acceptors (Lipinski definition) is 2. The molecule has 1 amide bonds. The minimum Gasteiger partial charge on any atom is -0.313 e. The van der Waals surface area contributed by atoms with Crippen LogP contribution in [0.2, 0.25) is 0 Å². The molecule has 0 radical (unpaired) electrons. The van der Waals surface area contributed by atoms with Crippen LogP contribution in [0.25, 0.3) is 0 Å². The number of anilines is 1. The molecule has 1 rings (SSSR count). The van der Waals surface area contributed by atoms with Crippen molar-refractivity contribution in [3.63, 3.8) is 0 Å². The van der Waals surface area contributed by atoms with Crippen molar-refractivity contribution in [1.29, 1.82) is 0 Å². The second-order valence-corrected chi connectivity index (χ2v) is 4.19. The van der Waals surface area contributed by atoms with Crippen LogP contribution in [0.3, 0.4) is 0 Å². The zero-order valence-corrected chi connectivity index (χ0v) is 10.4. The molecule has 0 N–H and O–H groups in total. The van der Waals surface area contributed by atoms with Crippen LogP contribution in [0.4, 0.5) is 5.69 Å². The van der Waals surface area contributed by atoms with Gasteiger partial charge in [-0.1, -0.05) is 25.1 Å². The molecule has 0 bridgehead atoms. The van der Waals surface area contributed by atoms with Gasteiger partial charge in [-0.15, -0.1) is 0 Å². The summed E-state index contributed by atoms with van der Waals surface area (Å²) in [5.41, 5.74) is 0.915. The van der Waals surface area contributed by atoms with Crippen LogP contribution in [-0.4, -0.2) is 18.7 Å². The highest BCUT2D eigenvalue weighted by molar-refractivity contribution is 5.93. The summed E-state index contributed by atoms with van der Waals surface area (Å²) >= 11 is 0. The number of nitrogens with zero attached hydrogens (tertiary/aromatic N) is 1. The molecule has 0 heterocycles. The van der Waals surface area contributed by atoms with Gasteiger partial charge >= 0.3 is 0 Å². The number of amides is 1. The smallest absolute Gasteiger partial charge is 0.227 e. The summed E-state index contributed by atoms with van der Waals surface area (Å²) < 4.78 is 0. The van der Waals surface area contributed by atoms with Crippen LogP contribution in [0.1, 0.15) is 26.7 Å². The molecule has 17 heavy (non-hydrogen) atoms. The lowest BCUT2D eigenvalue weighted by Crippen LogP contribution is -2.31. The summed E-state index contributed by atoms with van der Waals surface area (Å²) in [5.74, 6) is 0.186. The van der Waals surface area contributed by atoms with E-state index in [-0.39, 0.29) is 11.8 Å². The van der Waals surface area contributed by atoms with Gasteiger partial charge in [0, 0.05) is 25.1 Å². The highest BCUT2D eigenvalue weighted by Crippen LogP contribution is 2.16. The van der Waals surface area contributed by atoms with Crippen LogP contribution in [-0.2, 0) is 9.59 Å². The van der Waals surface area contributed by atoms with E-state index in [2.05, 4.69) is 0 Å². The number of para-hydroxylation sites is 1. The molecule has 1 aromatic carbocycles. The fraction of sp³-hybridized carbons (Fsp3) is 0.429. The van der Waals surface area contributed by atoms with Crippen molar-refractivity contribution in [3.8, 4) is 0 Å². The molecule has 3 nitrogen and oxygen atoms in total. The summed E-state index contributed by atoms with van der Waals surface area (Å²) in [6.45, 7) is 4.52. The van der Waals surface area contributed by atoms with E-state index in [0.29, 0.717) is 19.4 Å². The van der Waals surface area contributed by atoms with E-state index in [1.807, 2.05) is 44.2 Å². The monoisotopic (exact) mass is 233 g/mol. The fourth-order valence-electron chi connectivity index (χ4n) is 1.77. The summed E-state index contributed by atoms with van der Waals surface area (Å²) in [7, 11) is 0. The molecule has 0 aromatic heterocycles. The Bertz CT molecular complexity index is 362. The fourth-order valence-corrected chi connectivity index (χ4v) is 1.77. The van der Waals surface area contributed by atoms with Gasteiger partial charge in [0.15, 0.2) is 0 Å². The van der Waals surface area contributed by atoms with Crippen molar-refractivity contribution in [2.24, 2.45) is 5.92 Å². The van der Waals surface area contributed by atoms with E-state index in [9.17, 15) is 9.59 Å². The predicted molar refractivity (Wildman–Crippen MR) is 68.9 cm³/mol. The first-order valence-electron chi connectivity index (χ1n) is 5.98. The summed E-state index contributed by atoms with van der Waals surface area (Å²) in [4.78, 5) is 24.2. The van der Waals surface area contributed by atoms with Gasteiger partial charge in [0.2, 0.25) is 5.91 Å². The first kappa shape index (κ1) is 13.4. The van der Waals surface area contributed by atoms with Gasteiger partial charge in [0.1, 0.15) is 6.29 Å². The number of hydrogen-bond donors (Lipinski definition) is 0. The topological polar surface area (TPSA) is 37.4 Å². The highest BCUT2D eigenvalue weighted by Gasteiger charge is 2.16. The average molecular weight is 233 g/mol. The van der Waals surface area contributed by atoms with Crippen molar-refractivity contribution >= 4 is 17.9 Å². The molecular formula is C14H19NO2. The van der Waals surface area contributed by atoms with Crippen molar-refractivity contribution in [2.75, 3.05) is 11.4 Å². The summed E-state index contributed by atoms with van der Waals surface area (Å²) in [6.07, 6.45) is 1.73. The Morgan fingerprint density at radius 2 is 2.00 bits per heavy atom. The van der Waals surface area contributed by atoms with E-state index in [1.54, 1.807) is 4.90 Å². The molecule has 0 aliphatic heterocycles. The predicted octanol–water partition coefficient (Wildman–Crippen LogP) is 2.65. The zero-order chi connectivity index (χ0) is 12.7. The molecule has 0 saturated carbocycles. The number of benzene rings is 1. The van der Waals surface area contributed by atoms with Gasteiger partial charge in [0.25, 0.3) is 0 Å². The highest BCUT2D eigenvalue weighted by atomic mass is 16.2. The quantitative estimate of drug-likeness (QED) is 0.708. The third-order valence-electron chi connectivity index (χ3n) is 2.71. The first-order chi connectivity index (χ1) is 8.19. The van der Waals surface area contributed by atoms with Gasteiger partial charge in [-0.25, -0.2) is 0 Å². The van der Waals surface area contributed by atoms with Crippen molar-refractivity contribution < 1.29 is 9.59 Å². The SMILES string of the molecule is CCN(C(=O)CC(C)CC=O)c1ccccc1. The van der Waals surface area contributed by atoms with Crippen molar-refractivity contribution in [2.45, 2.75) is 26.7 Å². The van der Waals surface area contributed by atoms with Crippen LogP contribution in [0.5, 0.6) is 0 Å². The molecule has 0 spiro atoms. The van der Waals surface area contributed by atoms with E-state index in [4.69, 9.17) is 0 Å². The van der Waals surface area contributed by atoms with E-state index in [1.165, 1.54) is 0 Å². The standard InChI is InChI=1S/C14H19NO2/c1-3-15(13-7-5-4-6-8-13)14(17)11-12(2)9-10-16/h4-8,10,12H,3,9,11H2,1-2H3. The van der Waals surface area contributed by atoms with Crippen LogP contribution in [0, 0.1) is 5.92 Å². The number of rotatable bonds is 6. The Kier molecular flexibility index (Phi) is 5.40. The van der Waals surface area contributed by atoms with Crippen molar-refractivity contribution in [1.82, 2.24) is 0 Å². The van der Waals surface area contributed by atoms with Crippen LogP contribution < -0.4 is 4.90 Å². The van der Waals surface area contributed by atoms with Gasteiger partial charge in [0.05, 0.1) is 0 Å². The Hall–Kier alpha value is -1.64. The third kappa shape index (κ3) is 4.02. The molecular weight excluding hydrogens is 214 g/mol. The lowest BCUT2D eigenvalue weighted by atomic mass is 10.0. The van der Waals surface area contributed by atoms with Crippen LogP contribution >= 0.6 is 0 Å². The van der Waals surface area contributed by atoms with Gasteiger partial charge < -0.3 is 9.69 Å². The zero-order valence-electron chi connectivity index (χ0n) is 10.4. The molecule has 1 unspecified atom stereocenters. The third-order valence-corrected chi connectivity index (χ3v) is 2.71. The van der Waals surface area contributed by atoms with Crippen LogP contribution in [0.15, 0.2) is 30.3 Å². The molecule has 0 aliphatic carbocycles. The lowest BCUT2D eigenvalue weighted by molar-refractivity contribution is -0.119. The number of carbonyl (C=O) groups is 2. The van der Waals surface area contributed by atoms with Gasteiger partial charge in [-0.3, -0.25) is 4.79 Å². The average Bonchev–Trinajstić information content (AvgIpc) is 2.31. The Morgan fingerprint density at radius 3 is 2.53 bits per heavy atom. The van der Waals surface area contributed by atoms with Crippen molar-refractivity contribution in [3.05, 3.63) is 30.3 Å². The number of carbonyl (C=O) groups excluding carboxylic acids is 2. The first-order valence-corrected chi connectivity index (χ1v) is 5.98. The largest absolute Gasteiger partial charge is 0.313 e. The van der Waals surface area contributed by atoms with E-state index >= 15 is 0 Å². The van der Waals surface area contributed by atoms with Gasteiger partial charge in [-0.2, -0.15) is 0 Å². The lowest BCUT2D eigenvalue weighted by Gasteiger charge is -2.22. The second-order valence-electron chi connectivity index (χ2n) is 4.19.